The maximum atomic E-state index is 13.1. The second-order valence-corrected chi connectivity index (χ2v) is 3.89. The van der Waals surface area contributed by atoms with E-state index in [-0.39, 0.29) is 22.7 Å². The number of nitrogens with two attached hydrogens (primary N) is 1. The maximum Gasteiger partial charge on any atom is 0.341 e. The molecule has 0 fully saturated rings. The Hall–Kier alpha value is -2.63. The molecule has 0 atom stereocenters. The molecule has 0 aliphatic heterocycles. The van der Waals surface area contributed by atoms with Crippen molar-refractivity contribution in [3.05, 3.63) is 53.6 Å². The quantitative estimate of drug-likeness (QED) is 0.692. The van der Waals surface area contributed by atoms with E-state index in [0.29, 0.717) is 0 Å². The summed E-state index contributed by atoms with van der Waals surface area (Å²) in [6.07, 6.45) is 0. The molecule has 2 aromatic rings. The lowest BCUT2D eigenvalue weighted by Gasteiger charge is -2.12. The fraction of sp³-hybridized carbons (Fsp3) is 0.0714. The molecule has 2 rings (SSSR count). The van der Waals surface area contributed by atoms with E-state index in [9.17, 15) is 13.6 Å². The minimum Gasteiger partial charge on any atom is -0.465 e. The summed E-state index contributed by atoms with van der Waals surface area (Å²) in [5.74, 6) is -2.64. The molecule has 0 saturated heterocycles. The van der Waals surface area contributed by atoms with Gasteiger partial charge < -0.3 is 15.2 Å². The Morgan fingerprint density at radius 3 is 2.55 bits per heavy atom. The monoisotopic (exact) mass is 279 g/mol. The van der Waals surface area contributed by atoms with Crippen LogP contribution in [0.15, 0.2) is 36.4 Å². The molecular formula is C14H11F2NO3. The van der Waals surface area contributed by atoms with Gasteiger partial charge in [-0.2, -0.15) is 0 Å². The SMILES string of the molecule is COC(=O)c1cccc(N)c1Oc1ccc(F)c(F)c1. The van der Waals surface area contributed by atoms with Gasteiger partial charge in [0.05, 0.1) is 12.8 Å². The molecule has 0 aliphatic carbocycles. The predicted molar refractivity (Wildman–Crippen MR) is 68.6 cm³/mol. The van der Waals surface area contributed by atoms with Crippen LogP contribution in [0, 0.1) is 11.6 Å². The standard InChI is InChI=1S/C14H11F2NO3/c1-19-14(18)9-3-2-4-12(17)13(9)20-8-5-6-10(15)11(16)7-8/h2-7H,17H2,1H3. The van der Waals surface area contributed by atoms with Gasteiger partial charge in [0, 0.05) is 6.07 Å². The largest absolute Gasteiger partial charge is 0.465 e. The average molecular weight is 279 g/mol. The minimum atomic E-state index is -1.06. The first kappa shape index (κ1) is 13.8. The third kappa shape index (κ3) is 2.69. The zero-order valence-electron chi connectivity index (χ0n) is 10.5. The molecule has 6 heteroatoms. The van der Waals surface area contributed by atoms with Crippen LogP contribution in [0.3, 0.4) is 0 Å². The van der Waals surface area contributed by atoms with Crippen molar-refractivity contribution in [2.24, 2.45) is 0 Å². The molecule has 0 aromatic heterocycles. The Balaban J connectivity index is 2.42. The van der Waals surface area contributed by atoms with Crippen LogP contribution < -0.4 is 10.5 Å². The van der Waals surface area contributed by atoms with Crippen molar-refractivity contribution < 1.29 is 23.0 Å². The van der Waals surface area contributed by atoms with Crippen LogP contribution in [0.2, 0.25) is 0 Å². The number of methoxy groups -OCH3 is 1. The second kappa shape index (κ2) is 5.56. The molecule has 4 nitrogen and oxygen atoms in total. The summed E-state index contributed by atoms with van der Waals surface area (Å²) in [5.41, 5.74) is 6.00. The molecule has 0 bridgehead atoms. The first-order chi connectivity index (χ1) is 9.52. The van der Waals surface area contributed by atoms with Gasteiger partial charge in [-0.3, -0.25) is 0 Å². The summed E-state index contributed by atoms with van der Waals surface area (Å²) in [6.45, 7) is 0. The number of ether oxygens (including phenoxy) is 2. The van der Waals surface area contributed by atoms with Gasteiger partial charge in [0.25, 0.3) is 0 Å². The number of carbonyl (C=O) groups is 1. The van der Waals surface area contributed by atoms with Crippen LogP contribution in [-0.4, -0.2) is 13.1 Å². The first-order valence-electron chi connectivity index (χ1n) is 5.62. The average Bonchev–Trinajstić information content (AvgIpc) is 2.44. The van der Waals surface area contributed by atoms with Crippen LogP contribution in [0.5, 0.6) is 11.5 Å². The van der Waals surface area contributed by atoms with Crippen molar-refractivity contribution in [2.75, 3.05) is 12.8 Å². The summed E-state index contributed by atoms with van der Waals surface area (Å²) in [5, 5.41) is 0. The van der Waals surface area contributed by atoms with E-state index in [2.05, 4.69) is 4.74 Å². The zero-order valence-corrected chi connectivity index (χ0v) is 10.5. The zero-order chi connectivity index (χ0) is 14.7. The number of para-hydroxylation sites is 1. The Morgan fingerprint density at radius 2 is 1.90 bits per heavy atom. The van der Waals surface area contributed by atoms with Gasteiger partial charge in [-0.25, -0.2) is 13.6 Å². The molecular weight excluding hydrogens is 268 g/mol. The normalized spacial score (nSPS) is 10.2. The molecule has 0 unspecified atom stereocenters. The fourth-order valence-corrected chi connectivity index (χ4v) is 1.60. The topological polar surface area (TPSA) is 61.5 Å². The van der Waals surface area contributed by atoms with Gasteiger partial charge in [0.2, 0.25) is 0 Å². The number of benzene rings is 2. The number of carbonyl (C=O) groups excluding carboxylic acids is 1. The van der Waals surface area contributed by atoms with Crippen molar-refractivity contribution in [3.63, 3.8) is 0 Å². The number of esters is 1. The molecule has 104 valence electrons. The van der Waals surface area contributed by atoms with E-state index >= 15 is 0 Å². The molecule has 0 amide bonds. The van der Waals surface area contributed by atoms with Crippen LogP contribution >= 0.6 is 0 Å². The third-order valence-corrected chi connectivity index (χ3v) is 2.56. The van der Waals surface area contributed by atoms with Gasteiger partial charge >= 0.3 is 5.97 Å². The number of rotatable bonds is 3. The minimum absolute atomic E-state index is 0.0203. The Labute approximate surface area is 113 Å². The van der Waals surface area contributed by atoms with Crippen molar-refractivity contribution in [1.82, 2.24) is 0 Å². The van der Waals surface area contributed by atoms with Gasteiger partial charge in [0.15, 0.2) is 17.4 Å². The maximum absolute atomic E-state index is 13.1. The van der Waals surface area contributed by atoms with Gasteiger partial charge in [-0.05, 0) is 24.3 Å². The van der Waals surface area contributed by atoms with Crippen molar-refractivity contribution >= 4 is 11.7 Å². The van der Waals surface area contributed by atoms with Crippen molar-refractivity contribution in [1.29, 1.82) is 0 Å². The lowest BCUT2D eigenvalue weighted by molar-refractivity contribution is 0.0598. The molecule has 2 N–H and O–H groups in total. The fourth-order valence-electron chi connectivity index (χ4n) is 1.60. The van der Waals surface area contributed by atoms with E-state index in [4.69, 9.17) is 10.5 Å². The molecule has 0 saturated carbocycles. The summed E-state index contributed by atoms with van der Waals surface area (Å²) in [6, 6.07) is 7.54. The first-order valence-corrected chi connectivity index (χ1v) is 5.62. The van der Waals surface area contributed by atoms with Crippen LogP contribution in [0.1, 0.15) is 10.4 Å². The van der Waals surface area contributed by atoms with Gasteiger partial charge in [-0.15, -0.1) is 0 Å². The van der Waals surface area contributed by atoms with E-state index in [1.54, 1.807) is 6.07 Å². The molecule has 20 heavy (non-hydrogen) atoms. The highest BCUT2D eigenvalue weighted by Gasteiger charge is 2.17. The highest BCUT2D eigenvalue weighted by atomic mass is 19.2. The highest BCUT2D eigenvalue weighted by molar-refractivity contribution is 5.94. The predicted octanol–water partition coefficient (Wildman–Crippen LogP) is 3.13. The van der Waals surface area contributed by atoms with Crippen LogP contribution in [-0.2, 0) is 4.74 Å². The lowest BCUT2D eigenvalue weighted by Crippen LogP contribution is -2.05. The van der Waals surface area contributed by atoms with Crippen LogP contribution in [0.25, 0.3) is 0 Å². The van der Waals surface area contributed by atoms with Gasteiger partial charge in [0.1, 0.15) is 11.3 Å². The molecule has 0 heterocycles. The van der Waals surface area contributed by atoms with Crippen molar-refractivity contribution in [3.8, 4) is 11.5 Å². The summed E-state index contributed by atoms with van der Waals surface area (Å²) < 4.78 is 35.9. The van der Waals surface area contributed by atoms with E-state index in [0.717, 1.165) is 12.1 Å². The molecule has 2 aromatic carbocycles. The Kier molecular flexibility index (Phi) is 3.84. The number of hydrogen-bond acceptors (Lipinski definition) is 4. The Morgan fingerprint density at radius 1 is 1.15 bits per heavy atom. The third-order valence-electron chi connectivity index (χ3n) is 2.56. The number of anilines is 1. The number of halogens is 2. The summed E-state index contributed by atoms with van der Waals surface area (Å²) in [4.78, 5) is 11.6. The molecule has 0 radical (unpaired) electrons. The highest BCUT2D eigenvalue weighted by Crippen LogP contribution is 2.32. The summed E-state index contributed by atoms with van der Waals surface area (Å²) in [7, 11) is 1.22. The summed E-state index contributed by atoms with van der Waals surface area (Å²) >= 11 is 0. The van der Waals surface area contributed by atoms with E-state index < -0.39 is 17.6 Å². The van der Waals surface area contributed by atoms with Crippen molar-refractivity contribution in [2.45, 2.75) is 0 Å². The molecule has 0 spiro atoms. The number of hydrogen-bond donors (Lipinski definition) is 1. The smallest absolute Gasteiger partial charge is 0.341 e. The molecule has 0 aliphatic rings. The number of nitrogen functional groups attached to an aromatic ring is 1. The van der Waals surface area contributed by atoms with Crippen LogP contribution in [0.4, 0.5) is 14.5 Å². The van der Waals surface area contributed by atoms with E-state index in [1.165, 1.54) is 25.3 Å². The van der Waals surface area contributed by atoms with Gasteiger partial charge in [-0.1, -0.05) is 6.07 Å². The lowest BCUT2D eigenvalue weighted by atomic mass is 10.1. The van der Waals surface area contributed by atoms with E-state index in [1.807, 2.05) is 0 Å². The second-order valence-electron chi connectivity index (χ2n) is 3.89. The Bertz CT molecular complexity index is 659.